The van der Waals surface area contributed by atoms with Crippen molar-refractivity contribution in [2.24, 2.45) is 0 Å². The van der Waals surface area contributed by atoms with Crippen LogP contribution in [0.5, 0.6) is 5.75 Å². The van der Waals surface area contributed by atoms with Crippen molar-refractivity contribution in [2.75, 3.05) is 11.9 Å². The van der Waals surface area contributed by atoms with Crippen LogP contribution in [0.2, 0.25) is 0 Å². The van der Waals surface area contributed by atoms with Gasteiger partial charge >= 0.3 is 6.03 Å². The Bertz CT molecular complexity index is 760. The van der Waals surface area contributed by atoms with Crippen LogP contribution in [0, 0.1) is 32.0 Å². The molecule has 1 aromatic carbocycles. The minimum absolute atomic E-state index is 0.0325. The fourth-order valence-corrected chi connectivity index (χ4v) is 2.37. The van der Waals surface area contributed by atoms with Crippen molar-refractivity contribution in [3.8, 4) is 18.1 Å². The number of amides is 2. The van der Waals surface area contributed by atoms with Crippen LogP contribution in [0.3, 0.4) is 0 Å². The number of halogens is 1. The average molecular weight is 331 g/mol. The van der Waals surface area contributed by atoms with Crippen LogP contribution < -0.4 is 15.4 Å². The van der Waals surface area contributed by atoms with Gasteiger partial charge in [-0.2, -0.15) is 0 Å². The van der Waals surface area contributed by atoms with Gasteiger partial charge in [0, 0.05) is 11.6 Å². The molecule has 6 nitrogen and oxygen atoms in total. The number of hydrogen-bond donors (Lipinski definition) is 2. The van der Waals surface area contributed by atoms with Crippen LogP contribution in [-0.2, 0) is 0 Å². The number of carbonyl (C=O) groups excluding carboxylic acids is 1. The van der Waals surface area contributed by atoms with E-state index in [0.717, 1.165) is 11.6 Å². The van der Waals surface area contributed by atoms with Gasteiger partial charge in [0.2, 0.25) is 0 Å². The quantitative estimate of drug-likeness (QED) is 0.824. The molecule has 0 radical (unpaired) electrons. The van der Waals surface area contributed by atoms with Crippen molar-refractivity contribution < 1.29 is 18.4 Å². The highest BCUT2D eigenvalue weighted by atomic mass is 19.1. The first-order valence-electron chi connectivity index (χ1n) is 7.28. The Hall–Kier alpha value is -3.01. The topological polar surface area (TPSA) is 76.4 Å². The van der Waals surface area contributed by atoms with Crippen LogP contribution in [0.4, 0.5) is 14.9 Å². The summed E-state index contributed by atoms with van der Waals surface area (Å²) in [6, 6.07) is 2.99. The lowest BCUT2D eigenvalue weighted by atomic mass is 10.1. The number of aromatic nitrogens is 1. The Morgan fingerprint density at radius 3 is 2.88 bits per heavy atom. The molecule has 0 unspecified atom stereocenters. The summed E-state index contributed by atoms with van der Waals surface area (Å²) >= 11 is 0. The minimum atomic E-state index is -0.489. The standard InChI is InChI=1S/C17H18FN3O3/c1-5-8-23-15-9-13(18)6-7-14(15)20-17(22)19-10(2)16-11(3)21-24-12(16)4/h1,6-7,9-10H,8H2,2-4H3,(H2,19,20,22)/t10-/m0/s1. The summed E-state index contributed by atoms with van der Waals surface area (Å²) in [5, 5.41) is 9.25. The van der Waals surface area contributed by atoms with Gasteiger partial charge in [-0.3, -0.25) is 0 Å². The van der Waals surface area contributed by atoms with E-state index in [-0.39, 0.29) is 18.4 Å². The van der Waals surface area contributed by atoms with Gasteiger partial charge in [0.15, 0.2) is 0 Å². The number of nitrogens with zero attached hydrogens (tertiary/aromatic N) is 1. The molecule has 7 heteroatoms. The smallest absolute Gasteiger partial charge is 0.319 e. The zero-order valence-corrected chi connectivity index (χ0v) is 13.6. The molecule has 0 saturated heterocycles. The van der Waals surface area contributed by atoms with E-state index in [1.807, 2.05) is 6.92 Å². The van der Waals surface area contributed by atoms with Crippen molar-refractivity contribution in [3.05, 3.63) is 41.0 Å². The number of aryl methyl sites for hydroxylation is 2. The number of hydrogen-bond acceptors (Lipinski definition) is 4. The average Bonchev–Trinajstić information content (AvgIpc) is 2.86. The molecule has 0 fully saturated rings. The molecule has 0 bridgehead atoms. The van der Waals surface area contributed by atoms with Gasteiger partial charge in [0.05, 0.1) is 17.4 Å². The second kappa shape index (κ2) is 7.51. The largest absolute Gasteiger partial charge is 0.479 e. The number of nitrogens with one attached hydrogen (secondary N) is 2. The van der Waals surface area contributed by atoms with Crippen molar-refractivity contribution in [1.29, 1.82) is 0 Å². The highest BCUT2D eigenvalue weighted by molar-refractivity contribution is 5.91. The summed E-state index contributed by atoms with van der Waals surface area (Å²) in [4.78, 5) is 12.2. The first kappa shape index (κ1) is 17.3. The summed E-state index contributed by atoms with van der Waals surface area (Å²) in [6.07, 6.45) is 5.13. The molecule has 0 aliphatic carbocycles. The second-order valence-corrected chi connectivity index (χ2v) is 5.19. The molecule has 1 heterocycles. The number of carbonyl (C=O) groups is 1. The number of anilines is 1. The normalized spacial score (nSPS) is 11.5. The molecular weight excluding hydrogens is 313 g/mol. The van der Waals surface area contributed by atoms with E-state index in [0.29, 0.717) is 17.1 Å². The second-order valence-electron chi connectivity index (χ2n) is 5.19. The van der Waals surface area contributed by atoms with Crippen LogP contribution >= 0.6 is 0 Å². The number of rotatable bonds is 5. The van der Waals surface area contributed by atoms with Crippen LogP contribution in [0.15, 0.2) is 22.7 Å². The van der Waals surface area contributed by atoms with E-state index < -0.39 is 11.8 Å². The molecule has 0 aliphatic heterocycles. The van der Waals surface area contributed by atoms with Gasteiger partial charge in [-0.05, 0) is 32.9 Å². The first-order chi connectivity index (χ1) is 11.4. The number of terminal acetylenes is 1. The molecule has 1 aromatic heterocycles. The number of ether oxygens (including phenoxy) is 1. The third-order valence-electron chi connectivity index (χ3n) is 3.37. The van der Waals surface area contributed by atoms with Gasteiger partial charge in [-0.15, -0.1) is 6.42 Å². The monoisotopic (exact) mass is 331 g/mol. The lowest BCUT2D eigenvalue weighted by Gasteiger charge is -2.16. The molecule has 2 aromatic rings. The molecule has 2 amide bonds. The third kappa shape index (κ3) is 4.04. The third-order valence-corrected chi connectivity index (χ3v) is 3.37. The highest BCUT2D eigenvalue weighted by Crippen LogP contribution is 2.26. The van der Waals surface area contributed by atoms with Crippen LogP contribution in [0.25, 0.3) is 0 Å². The van der Waals surface area contributed by atoms with Crippen molar-refractivity contribution in [1.82, 2.24) is 10.5 Å². The Morgan fingerprint density at radius 1 is 1.50 bits per heavy atom. The molecule has 0 spiro atoms. The predicted molar refractivity (Wildman–Crippen MR) is 87.3 cm³/mol. The van der Waals surface area contributed by atoms with Gasteiger partial charge in [0.1, 0.15) is 23.9 Å². The summed E-state index contributed by atoms with van der Waals surface area (Å²) in [5.41, 5.74) is 1.84. The summed E-state index contributed by atoms with van der Waals surface area (Å²) in [5.74, 6) is 2.60. The molecule has 0 aliphatic rings. The van der Waals surface area contributed by atoms with Crippen molar-refractivity contribution >= 4 is 11.7 Å². The molecule has 0 saturated carbocycles. The molecular formula is C17H18FN3O3. The zero-order chi connectivity index (χ0) is 17.7. The molecule has 1 atom stereocenters. The van der Waals surface area contributed by atoms with Gasteiger partial charge < -0.3 is 19.9 Å². The Kier molecular flexibility index (Phi) is 5.42. The predicted octanol–water partition coefficient (Wildman–Crippen LogP) is 3.33. The number of benzene rings is 1. The van der Waals surface area contributed by atoms with Crippen LogP contribution in [-0.4, -0.2) is 17.8 Å². The van der Waals surface area contributed by atoms with Crippen LogP contribution in [0.1, 0.15) is 30.0 Å². The van der Waals surface area contributed by atoms with E-state index >= 15 is 0 Å². The first-order valence-corrected chi connectivity index (χ1v) is 7.28. The van der Waals surface area contributed by atoms with E-state index in [1.165, 1.54) is 12.1 Å². The van der Waals surface area contributed by atoms with Crippen molar-refractivity contribution in [3.63, 3.8) is 0 Å². The van der Waals surface area contributed by atoms with Gasteiger partial charge in [-0.1, -0.05) is 11.1 Å². The SMILES string of the molecule is C#CCOc1cc(F)ccc1NC(=O)N[C@@H](C)c1c(C)noc1C. The lowest BCUT2D eigenvalue weighted by molar-refractivity contribution is 0.249. The Balaban J connectivity index is 2.08. The Morgan fingerprint density at radius 2 is 2.25 bits per heavy atom. The van der Waals surface area contributed by atoms with Gasteiger partial charge in [0.25, 0.3) is 0 Å². The maximum absolute atomic E-state index is 13.3. The van der Waals surface area contributed by atoms with Crippen molar-refractivity contribution in [2.45, 2.75) is 26.8 Å². The molecule has 2 rings (SSSR count). The fraction of sp³-hybridized carbons (Fsp3) is 0.294. The molecule has 2 N–H and O–H groups in total. The highest BCUT2D eigenvalue weighted by Gasteiger charge is 2.19. The van der Waals surface area contributed by atoms with E-state index in [9.17, 15) is 9.18 Å². The maximum atomic E-state index is 13.3. The minimum Gasteiger partial charge on any atom is -0.479 e. The Labute approximate surface area is 139 Å². The van der Waals surface area contributed by atoms with E-state index in [4.69, 9.17) is 15.7 Å². The molecule has 126 valence electrons. The lowest BCUT2D eigenvalue weighted by Crippen LogP contribution is -2.31. The maximum Gasteiger partial charge on any atom is 0.319 e. The molecule has 24 heavy (non-hydrogen) atoms. The summed E-state index contributed by atoms with van der Waals surface area (Å²) in [7, 11) is 0. The summed E-state index contributed by atoms with van der Waals surface area (Å²) < 4.78 is 23.6. The zero-order valence-electron chi connectivity index (χ0n) is 13.6. The summed E-state index contributed by atoms with van der Waals surface area (Å²) in [6.45, 7) is 5.35. The number of urea groups is 1. The fourth-order valence-electron chi connectivity index (χ4n) is 2.37. The van der Waals surface area contributed by atoms with E-state index in [1.54, 1.807) is 13.8 Å². The van der Waals surface area contributed by atoms with Gasteiger partial charge in [-0.25, -0.2) is 9.18 Å². The van der Waals surface area contributed by atoms with E-state index in [2.05, 4.69) is 21.7 Å².